The van der Waals surface area contributed by atoms with Crippen LogP contribution in [0.5, 0.6) is 0 Å². The highest BCUT2D eigenvalue weighted by atomic mass is 16.3. The lowest BCUT2D eigenvalue weighted by Crippen LogP contribution is -2.49. The molecule has 2 aromatic carbocycles. The minimum atomic E-state index is -0.305. The fourth-order valence-corrected chi connectivity index (χ4v) is 3.70. The van der Waals surface area contributed by atoms with Crippen molar-refractivity contribution in [2.24, 2.45) is 0 Å². The molecule has 0 unspecified atom stereocenters. The average molecular weight is 403 g/mol. The predicted octanol–water partition coefficient (Wildman–Crippen LogP) is 3.42. The number of amides is 2. The second-order valence-electron chi connectivity index (χ2n) is 7.24. The Morgan fingerprint density at radius 3 is 2.23 bits per heavy atom. The van der Waals surface area contributed by atoms with Crippen LogP contribution in [0.2, 0.25) is 0 Å². The molecule has 3 aromatic rings. The van der Waals surface area contributed by atoms with Gasteiger partial charge in [-0.3, -0.25) is 9.59 Å². The molecule has 6 nitrogen and oxygen atoms in total. The van der Waals surface area contributed by atoms with Gasteiger partial charge in [-0.15, -0.1) is 0 Å². The lowest BCUT2D eigenvalue weighted by atomic mass is 10.1. The number of hydrogen-bond donors (Lipinski definition) is 1. The van der Waals surface area contributed by atoms with E-state index in [0.29, 0.717) is 13.1 Å². The number of hydrogen-bond acceptors (Lipinski definition) is 4. The van der Waals surface area contributed by atoms with Crippen molar-refractivity contribution in [2.45, 2.75) is 6.42 Å². The van der Waals surface area contributed by atoms with Gasteiger partial charge in [-0.25, -0.2) is 0 Å². The van der Waals surface area contributed by atoms with Gasteiger partial charge in [-0.1, -0.05) is 48.5 Å². The minimum Gasteiger partial charge on any atom is -0.459 e. The van der Waals surface area contributed by atoms with Crippen LogP contribution in [0.4, 0.5) is 5.69 Å². The molecule has 2 amide bonds. The number of furan rings is 1. The molecule has 30 heavy (non-hydrogen) atoms. The van der Waals surface area contributed by atoms with Crippen molar-refractivity contribution < 1.29 is 14.0 Å². The molecule has 1 N–H and O–H groups in total. The molecule has 0 atom stereocenters. The third-order valence-corrected chi connectivity index (χ3v) is 5.33. The van der Waals surface area contributed by atoms with E-state index in [2.05, 4.69) is 22.3 Å². The fraction of sp³-hybridized carbons (Fsp3) is 0.250. The van der Waals surface area contributed by atoms with Crippen LogP contribution in [0.25, 0.3) is 11.1 Å². The molecule has 2 heterocycles. The number of carbonyl (C=O) groups is 2. The number of para-hydroxylation sites is 1. The van der Waals surface area contributed by atoms with Crippen LogP contribution in [0.15, 0.2) is 77.4 Å². The van der Waals surface area contributed by atoms with E-state index < -0.39 is 0 Å². The second-order valence-corrected chi connectivity index (χ2v) is 7.24. The summed E-state index contributed by atoms with van der Waals surface area (Å²) >= 11 is 0. The molecule has 0 saturated carbocycles. The lowest BCUT2D eigenvalue weighted by molar-refractivity contribution is -0.131. The van der Waals surface area contributed by atoms with Crippen molar-refractivity contribution in [1.29, 1.82) is 0 Å². The van der Waals surface area contributed by atoms with Crippen LogP contribution in [-0.2, 0) is 4.79 Å². The summed E-state index contributed by atoms with van der Waals surface area (Å²) in [6.07, 6.45) is 1.78. The van der Waals surface area contributed by atoms with Crippen molar-refractivity contribution in [3.05, 3.63) is 78.8 Å². The summed E-state index contributed by atoms with van der Waals surface area (Å²) in [6.45, 7) is 3.30. The van der Waals surface area contributed by atoms with E-state index in [0.717, 1.165) is 24.2 Å². The summed E-state index contributed by atoms with van der Waals surface area (Å²) in [5.74, 6) is 0.0245. The first-order valence-corrected chi connectivity index (χ1v) is 10.2. The highest BCUT2D eigenvalue weighted by molar-refractivity contribution is 5.98. The average Bonchev–Trinajstić information content (AvgIpc) is 3.30. The van der Waals surface area contributed by atoms with Crippen LogP contribution in [0, 0.1) is 0 Å². The number of anilines is 1. The summed E-state index contributed by atoms with van der Waals surface area (Å²) < 4.78 is 5.40. The van der Waals surface area contributed by atoms with E-state index in [4.69, 9.17) is 4.42 Å². The normalized spacial score (nSPS) is 13.9. The molecular weight excluding hydrogens is 378 g/mol. The van der Waals surface area contributed by atoms with Crippen molar-refractivity contribution in [1.82, 2.24) is 10.2 Å². The van der Waals surface area contributed by atoms with Crippen molar-refractivity contribution in [2.75, 3.05) is 37.6 Å². The molecule has 1 aliphatic heterocycles. The van der Waals surface area contributed by atoms with Gasteiger partial charge in [-0.05, 0) is 23.8 Å². The molecule has 0 bridgehead atoms. The topological polar surface area (TPSA) is 65.8 Å². The molecule has 1 aromatic heterocycles. The molecule has 1 aliphatic rings. The molecule has 0 radical (unpaired) electrons. The van der Waals surface area contributed by atoms with Crippen LogP contribution in [-0.4, -0.2) is 49.4 Å². The fourth-order valence-electron chi connectivity index (χ4n) is 3.70. The molecule has 1 saturated heterocycles. The van der Waals surface area contributed by atoms with Gasteiger partial charge in [0.25, 0.3) is 5.91 Å². The number of nitrogens with zero attached hydrogens (tertiary/aromatic N) is 2. The third-order valence-electron chi connectivity index (χ3n) is 5.33. The molecule has 1 fully saturated rings. The maximum atomic E-state index is 12.5. The van der Waals surface area contributed by atoms with E-state index in [1.54, 1.807) is 6.07 Å². The maximum Gasteiger partial charge on any atom is 0.287 e. The van der Waals surface area contributed by atoms with Crippen molar-refractivity contribution in [3.63, 3.8) is 0 Å². The lowest BCUT2D eigenvalue weighted by Gasteiger charge is -2.36. The van der Waals surface area contributed by atoms with E-state index >= 15 is 0 Å². The summed E-state index contributed by atoms with van der Waals surface area (Å²) in [5.41, 5.74) is 2.85. The standard InChI is InChI=1S/C24H25N3O3/c28-22(27-16-14-26(15-17-27)20-9-5-2-6-10-20)11-13-25-24(29)23-21(12-18-30-23)19-7-3-1-4-8-19/h1-10,12,18H,11,13-17H2,(H,25,29). The number of carbonyl (C=O) groups excluding carboxylic acids is 2. The van der Waals surface area contributed by atoms with Gasteiger partial charge in [0.1, 0.15) is 0 Å². The van der Waals surface area contributed by atoms with Crippen LogP contribution >= 0.6 is 0 Å². The van der Waals surface area contributed by atoms with E-state index in [1.165, 1.54) is 12.0 Å². The van der Waals surface area contributed by atoms with Gasteiger partial charge in [0.15, 0.2) is 5.76 Å². The van der Waals surface area contributed by atoms with Crippen LogP contribution in [0.1, 0.15) is 17.0 Å². The third kappa shape index (κ3) is 4.54. The molecule has 6 heteroatoms. The Bertz CT molecular complexity index is 977. The molecule has 0 spiro atoms. The van der Waals surface area contributed by atoms with Gasteiger partial charge in [0.2, 0.25) is 5.91 Å². The SMILES string of the molecule is O=C(NCCC(=O)N1CCN(c2ccccc2)CC1)c1occc1-c1ccccc1. The highest BCUT2D eigenvalue weighted by Gasteiger charge is 2.22. The van der Waals surface area contributed by atoms with Gasteiger partial charge < -0.3 is 19.5 Å². The Hall–Kier alpha value is -3.54. The van der Waals surface area contributed by atoms with E-state index in [9.17, 15) is 9.59 Å². The first-order valence-electron chi connectivity index (χ1n) is 10.2. The van der Waals surface area contributed by atoms with Crippen molar-refractivity contribution in [3.8, 4) is 11.1 Å². The minimum absolute atomic E-state index is 0.0609. The van der Waals surface area contributed by atoms with Gasteiger partial charge in [-0.2, -0.15) is 0 Å². The Morgan fingerprint density at radius 2 is 1.53 bits per heavy atom. The zero-order valence-corrected chi connectivity index (χ0v) is 16.8. The quantitative estimate of drug-likeness (QED) is 0.685. The Labute approximate surface area is 176 Å². The number of rotatable bonds is 6. The second kappa shape index (κ2) is 9.31. The van der Waals surface area contributed by atoms with Gasteiger partial charge in [0, 0.05) is 50.4 Å². The highest BCUT2D eigenvalue weighted by Crippen LogP contribution is 2.24. The number of benzene rings is 2. The molecule has 4 rings (SSSR count). The van der Waals surface area contributed by atoms with E-state index in [-0.39, 0.29) is 30.5 Å². The molecule has 154 valence electrons. The first-order chi connectivity index (χ1) is 14.7. The largest absolute Gasteiger partial charge is 0.459 e. The Kier molecular flexibility index (Phi) is 6.13. The number of nitrogens with one attached hydrogen (secondary N) is 1. The summed E-state index contributed by atoms with van der Waals surface area (Å²) in [6, 6.07) is 21.6. The zero-order chi connectivity index (χ0) is 20.8. The molecule has 0 aliphatic carbocycles. The first kappa shape index (κ1) is 19.8. The van der Waals surface area contributed by atoms with E-state index in [1.807, 2.05) is 53.4 Å². The monoisotopic (exact) mass is 403 g/mol. The Balaban J connectivity index is 1.25. The summed E-state index contributed by atoms with van der Waals surface area (Å²) in [5, 5.41) is 2.81. The maximum absolute atomic E-state index is 12.5. The van der Waals surface area contributed by atoms with Gasteiger partial charge >= 0.3 is 0 Å². The summed E-state index contributed by atoms with van der Waals surface area (Å²) in [7, 11) is 0. The Morgan fingerprint density at radius 1 is 0.867 bits per heavy atom. The van der Waals surface area contributed by atoms with Crippen LogP contribution < -0.4 is 10.2 Å². The number of piperazine rings is 1. The van der Waals surface area contributed by atoms with Crippen LogP contribution in [0.3, 0.4) is 0 Å². The molecular formula is C24H25N3O3. The van der Waals surface area contributed by atoms with Gasteiger partial charge in [0.05, 0.1) is 6.26 Å². The summed E-state index contributed by atoms with van der Waals surface area (Å²) in [4.78, 5) is 29.2. The predicted molar refractivity (Wildman–Crippen MR) is 116 cm³/mol. The zero-order valence-electron chi connectivity index (χ0n) is 16.8. The van der Waals surface area contributed by atoms with Crippen molar-refractivity contribution >= 4 is 17.5 Å². The smallest absolute Gasteiger partial charge is 0.287 e.